The van der Waals surface area contributed by atoms with E-state index in [0.717, 1.165) is 18.3 Å². The van der Waals surface area contributed by atoms with E-state index in [1.54, 1.807) is 0 Å². The first-order chi connectivity index (χ1) is 13.4. The van der Waals surface area contributed by atoms with Crippen LogP contribution in [-0.4, -0.2) is 36.4 Å². The highest BCUT2D eigenvalue weighted by molar-refractivity contribution is 6.02. The SMILES string of the molecule is NC1=N[C@](CF)(c2cc(NC(=O)c3ccc(F)cn3)ccc2F)C[C@@H](CF)O1. The third-order valence-electron chi connectivity index (χ3n) is 4.26. The number of amidine groups is 1. The molecule has 6 nitrogen and oxygen atoms in total. The highest BCUT2D eigenvalue weighted by atomic mass is 19.1. The lowest BCUT2D eigenvalue weighted by Gasteiger charge is -2.35. The highest BCUT2D eigenvalue weighted by Crippen LogP contribution is 2.38. The van der Waals surface area contributed by atoms with Crippen LogP contribution in [0, 0.1) is 11.6 Å². The molecule has 0 aliphatic carbocycles. The normalized spacial score (nSPS) is 21.6. The van der Waals surface area contributed by atoms with Gasteiger partial charge in [-0.2, -0.15) is 0 Å². The molecule has 1 amide bonds. The molecule has 28 heavy (non-hydrogen) atoms. The van der Waals surface area contributed by atoms with Gasteiger partial charge in [-0.05, 0) is 30.3 Å². The Morgan fingerprint density at radius 1 is 1.29 bits per heavy atom. The van der Waals surface area contributed by atoms with Gasteiger partial charge < -0.3 is 15.8 Å². The van der Waals surface area contributed by atoms with Crippen LogP contribution in [-0.2, 0) is 10.3 Å². The van der Waals surface area contributed by atoms with Gasteiger partial charge >= 0.3 is 0 Å². The first-order valence-corrected chi connectivity index (χ1v) is 8.24. The first kappa shape index (κ1) is 19.6. The van der Waals surface area contributed by atoms with Crippen molar-refractivity contribution in [3.63, 3.8) is 0 Å². The number of hydrogen-bond acceptors (Lipinski definition) is 5. The molecular formula is C18H16F4N4O2. The molecule has 148 valence electrons. The summed E-state index contributed by atoms with van der Waals surface area (Å²) in [6.45, 7) is -2.10. The number of nitrogens with zero attached hydrogens (tertiary/aromatic N) is 2. The van der Waals surface area contributed by atoms with Gasteiger partial charge in [0.05, 0.1) is 6.20 Å². The number of aromatic nitrogens is 1. The second-order valence-electron chi connectivity index (χ2n) is 6.22. The molecule has 0 spiro atoms. The number of aliphatic imine (C=N–C) groups is 1. The van der Waals surface area contributed by atoms with Crippen LogP contribution in [0.25, 0.3) is 0 Å². The van der Waals surface area contributed by atoms with Gasteiger partial charge in [0.1, 0.15) is 42.3 Å². The topological polar surface area (TPSA) is 89.6 Å². The molecule has 2 aromatic rings. The average molecular weight is 396 g/mol. The zero-order chi connectivity index (χ0) is 20.3. The number of carbonyl (C=O) groups is 1. The Kier molecular flexibility index (Phi) is 5.48. The second kappa shape index (κ2) is 7.83. The number of amides is 1. The van der Waals surface area contributed by atoms with Crippen molar-refractivity contribution in [1.29, 1.82) is 0 Å². The van der Waals surface area contributed by atoms with Gasteiger partial charge in [0.25, 0.3) is 11.9 Å². The third-order valence-corrected chi connectivity index (χ3v) is 4.26. The van der Waals surface area contributed by atoms with Crippen LogP contribution in [0.15, 0.2) is 41.5 Å². The average Bonchev–Trinajstić information content (AvgIpc) is 2.69. The van der Waals surface area contributed by atoms with Crippen molar-refractivity contribution in [2.45, 2.75) is 18.1 Å². The van der Waals surface area contributed by atoms with Gasteiger partial charge in [-0.1, -0.05) is 0 Å². The predicted octanol–water partition coefficient (Wildman–Crippen LogP) is 2.85. The summed E-state index contributed by atoms with van der Waals surface area (Å²) < 4.78 is 59.4. The van der Waals surface area contributed by atoms with E-state index in [0.29, 0.717) is 0 Å². The number of hydrogen-bond donors (Lipinski definition) is 2. The van der Waals surface area contributed by atoms with Crippen LogP contribution < -0.4 is 11.1 Å². The van der Waals surface area contributed by atoms with Gasteiger partial charge in [0, 0.05) is 17.7 Å². The minimum Gasteiger partial charge on any atom is -0.459 e. The fourth-order valence-corrected chi connectivity index (χ4v) is 2.95. The van der Waals surface area contributed by atoms with Gasteiger partial charge in [-0.3, -0.25) is 4.79 Å². The number of rotatable bonds is 5. The van der Waals surface area contributed by atoms with Crippen LogP contribution in [0.1, 0.15) is 22.5 Å². The fourth-order valence-electron chi connectivity index (χ4n) is 2.95. The lowest BCUT2D eigenvalue weighted by Crippen LogP contribution is -2.43. The minimum atomic E-state index is -1.78. The van der Waals surface area contributed by atoms with Crippen molar-refractivity contribution in [2.24, 2.45) is 10.7 Å². The summed E-state index contributed by atoms with van der Waals surface area (Å²) >= 11 is 0. The number of pyridine rings is 1. The molecule has 0 bridgehead atoms. The Labute approximate surface area is 157 Å². The number of halogens is 4. The minimum absolute atomic E-state index is 0.0710. The summed E-state index contributed by atoms with van der Waals surface area (Å²) in [7, 11) is 0. The van der Waals surface area contributed by atoms with Gasteiger partial charge in [0.2, 0.25) is 0 Å². The van der Waals surface area contributed by atoms with Crippen LogP contribution in [0.2, 0.25) is 0 Å². The maximum atomic E-state index is 14.5. The van der Waals surface area contributed by atoms with E-state index in [2.05, 4.69) is 15.3 Å². The Hall–Kier alpha value is -3.17. The standard InChI is InChI=1S/C18H16F4N4O2/c19-7-12-6-18(9-20,26-17(23)28-12)13-5-11(2-3-14(13)22)25-16(27)15-4-1-10(21)8-24-15/h1-5,8,12H,6-7,9H2,(H2,23,26)(H,25,27)/t12-,18+/m0/s1. The summed E-state index contributed by atoms with van der Waals surface area (Å²) in [6.07, 6.45) is -0.469. The zero-order valence-electron chi connectivity index (χ0n) is 14.5. The number of anilines is 1. The maximum absolute atomic E-state index is 14.5. The first-order valence-electron chi connectivity index (χ1n) is 8.24. The monoisotopic (exact) mass is 396 g/mol. The molecule has 0 radical (unpaired) electrons. The molecule has 1 aliphatic rings. The molecule has 2 atom stereocenters. The van der Waals surface area contributed by atoms with Crippen LogP contribution in [0.5, 0.6) is 0 Å². The maximum Gasteiger partial charge on any atom is 0.283 e. The van der Waals surface area contributed by atoms with E-state index in [1.807, 2.05) is 0 Å². The largest absolute Gasteiger partial charge is 0.459 e. The molecule has 0 saturated carbocycles. The van der Waals surface area contributed by atoms with Crippen molar-refractivity contribution in [3.05, 3.63) is 59.4 Å². The molecule has 1 aromatic carbocycles. The van der Waals surface area contributed by atoms with E-state index >= 15 is 0 Å². The Morgan fingerprint density at radius 3 is 2.71 bits per heavy atom. The highest BCUT2D eigenvalue weighted by Gasteiger charge is 2.42. The van der Waals surface area contributed by atoms with Crippen molar-refractivity contribution in [1.82, 2.24) is 4.98 Å². The number of nitrogens with one attached hydrogen (secondary N) is 1. The van der Waals surface area contributed by atoms with Crippen molar-refractivity contribution in [3.8, 4) is 0 Å². The number of ether oxygens (including phenoxy) is 1. The number of benzene rings is 1. The molecule has 2 heterocycles. The quantitative estimate of drug-likeness (QED) is 0.761. The lowest BCUT2D eigenvalue weighted by atomic mass is 9.85. The zero-order valence-corrected chi connectivity index (χ0v) is 14.5. The van der Waals surface area contributed by atoms with E-state index < -0.39 is 48.6 Å². The number of nitrogens with two attached hydrogens (primary N) is 1. The van der Waals surface area contributed by atoms with Gasteiger partial charge in [-0.25, -0.2) is 27.5 Å². The van der Waals surface area contributed by atoms with Crippen LogP contribution >= 0.6 is 0 Å². The molecule has 10 heteroatoms. The summed E-state index contributed by atoms with van der Waals surface area (Å²) in [4.78, 5) is 19.7. The van der Waals surface area contributed by atoms with Crippen molar-refractivity contribution < 1.29 is 27.1 Å². The fraction of sp³-hybridized carbons (Fsp3) is 0.278. The second-order valence-corrected chi connectivity index (χ2v) is 6.22. The van der Waals surface area contributed by atoms with E-state index in [1.165, 1.54) is 18.2 Å². The van der Waals surface area contributed by atoms with Crippen LogP contribution in [0.3, 0.4) is 0 Å². The summed E-state index contributed by atoms with van der Waals surface area (Å²) in [6, 6.07) is 5.25. The summed E-state index contributed by atoms with van der Waals surface area (Å²) in [5.41, 5.74) is 3.58. The molecule has 3 N–H and O–H groups in total. The third kappa shape index (κ3) is 3.90. The number of carbonyl (C=O) groups excluding carboxylic acids is 1. The van der Waals surface area contributed by atoms with E-state index in [9.17, 15) is 22.4 Å². The number of alkyl halides is 2. The van der Waals surface area contributed by atoms with Crippen LogP contribution in [0.4, 0.5) is 23.2 Å². The summed E-state index contributed by atoms with van der Waals surface area (Å²) in [5, 5.41) is 2.46. The summed E-state index contributed by atoms with van der Waals surface area (Å²) in [5.74, 6) is -2.09. The molecular weight excluding hydrogens is 380 g/mol. The molecule has 1 aliphatic heterocycles. The molecule has 0 fully saturated rings. The molecule has 0 saturated heterocycles. The van der Waals surface area contributed by atoms with Gasteiger partial charge in [-0.15, -0.1) is 0 Å². The molecule has 0 unspecified atom stereocenters. The van der Waals surface area contributed by atoms with Crippen molar-refractivity contribution in [2.75, 3.05) is 18.7 Å². The predicted molar refractivity (Wildman–Crippen MR) is 93.3 cm³/mol. The smallest absolute Gasteiger partial charge is 0.283 e. The van der Waals surface area contributed by atoms with E-state index in [4.69, 9.17) is 10.5 Å². The Bertz CT molecular complexity index is 907. The van der Waals surface area contributed by atoms with E-state index in [-0.39, 0.29) is 23.4 Å². The van der Waals surface area contributed by atoms with Gasteiger partial charge in [0.15, 0.2) is 0 Å². The van der Waals surface area contributed by atoms with Crippen molar-refractivity contribution >= 4 is 17.6 Å². The molecule has 1 aromatic heterocycles. The Balaban J connectivity index is 1.93. The Morgan fingerprint density at radius 2 is 2.07 bits per heavy atom. The lowest BCUT2D eigenvalue weighted by molar-refractivity contribution is 0.0781. The molecule has 3 rings (SSSR count).